The van der Waals surface area contributed by atoms with Crippen molar-refractivity contribution in [3.8, 4) is 22.8 Å². The molecule has 0 bridgehead atoms. The van der Waals surface area contributed by atoms with E-state index >= 15 is 0 Å². The molecular formula is C16H14N4O3. The van der Waals surface area contributed by atoms with Crippen LogP contribution in [0, 0.1) is 0 Å². The summed E-state index contributed by atoms with van der Waals surface area (Å²) in [6, 6.07) is 6.90. The van der Waals surface area contributed by atoms with Crippen LogP contribution in [0.25, 0.3) is 22.2 Å². The predicted octanol–water partition coefficient (Wildman–Crippen LogP) is 1.81. The van der Waals surface area contributed by atoms with Crippen LogP contribution in [0.1, 0.15) is 10.5 Å². The molecule has 0 aliphatic heterocycles. The van der Waals surface area contributed by atoms with E-state index in [-0.39, 0.29) is 5.69 Å². The Morgan fingerprint density at radius 1 is 1.04 bits per heavy atom. The van der Waals surface area contributed by atoms with Gasteiger partial charge in [-0.1, -0.05) is 0 Å². The van der Waals surface area contributed by atoms with Gasteiger partial charge in [0.2, 0.25) is 0 Å². The largest absolute Gasteiger partial charge is 0.493 e. The zero-order chi connectivity index (χ0) is 16.4. The van der Waals surface area contributed by atoms with E-state index in [1.165, 1.54) is 6.33 Å². The molecule has 0 saturated heterocycles. The van der Waals surface area contributed by atoms with Crippen molar-refractivity contribution in [3.63, 3.8) is 0 Å². The number of ether oxygens (including phenoxy) is 2. The number of hydrogen-bond donors (Lipinski definition) is 1. The molecule has 0 aliphatic rings. The fraction of sp³-hybridized carbons (Fsp3) is 0.125. The molecule has 0 radical (unpaired) electrons. The van der Waals surface area contributed by atoms with Gasteiger partial charge in [-0.3, -0.25) is 9.78 Å². The van der Waals surface area contributed by atoms with Crippen LogP contribution >= 0.6 is 0 Å². The molecule has 0 unspecified atom stereocenters. The summed E-state index contributed by atoms with van der Waals surface area (Å²) < 4.78 is 10.6. The molecule has 2 N–H and O–H groups in total. The number of methoxy groups -OCH3 is 2. The van der Waals surface area contributed by atoms with Crippen molar-refractivity contribution in [2.75, 3.05) is 14.2 Å². The minimum absolute atomic E-state index is 0.200. The van der Waals surface area contributed by atoms with Crippen LogP contribution in [0.5, 0.6) is 11.5 Å². The lowest BCUT2D eigenvalue weighted by Crippen LogP contribution is -2.12. The van der Waals surface area contributed by atoms with Crippen molar-refractivity contribution in [2.45, 2.75) is 0 Å². The number of rotatable bonds is 4. The van der Waals surface area contributed by atoms with E-state index in [1.54, 1.807) is 38.6 Å². The SMILES string of the molecule is COc1cc2ncnc(-c3ccc(C(N)=O)nc3)c2cc1OC. The molecule has 0 fully saturated rings. The van der Waals surface area contributed by atoms with Crippen LogP contribution in [0.15, 0.2) is 36.8 Å². The minimum atomic E-state index is -0.574. The molecule has 0 atom stereocenters. The lowest BCUT2D eigenvalue weighted by molar-refractivity contribution is 0.0995. The normalized spacial score (nSPS) is 10.5. The number of aromatic nitrogens is 3. The monoisotopic (exact) mass is 310 g/mol. The Kier molecular flexibility index (Phi) is 3.76. The molecular weight excluding hydrogens is 296 g/mol. The molecule has 3 rings (SSSR count). The topological polar surface area (TPSA) is 100 Å². The van der Waals surface area contributed by atoms with Gasteiger partial charge in [0.15, 0.2) is 11.5 Å². The molecule has 7 heteroatoms. The molecule has 0 saturated carbocycles. The first kappa shape index (κ1) is 14.7. The van der Waals surface area contributed by atoms with Crippen LogP contribution in [-0.2, 0) is 0 Å². The number of nitrogens with two attached hydrogens (primary N) is 1. The van der Waals surface area contributed by atoms with Gasteiger partial charge in [-0.15, -0.1) is 0 Å². The van der Waals surface area contributed by atoms with Crippen LogP contribution in [0.3, 0.4) is 0 Å². The third-order valence-corrected chi connectivity index (χ3v) is 3.43. The molecule has 3 aromatic rings. The van der Waals surface area contributed by atoms with Crippen LogP contribution in [-0.4, -0.2) is 35.1 Å². The van der Waals surface area contributed by atoms with E-state index in [4.69, 9.17) is 15.2 Å². The smallest absolute Gasteiger partial charge is 0.267 e. The van der Waals surface area contributed by atoms with Gasteiger partial charge in [0.1, 0.15) is 12.0 Å². The average Bonchev–Trinajstić information content (AvgIpc) is 2.60. The summed E-state index contributed by atoms with van der Waals surface area (Å²) in [6.45, 7) is 0. The first-order valence-corrected chi connectivity index (χ1v) is 6.77. The molecule has 0 spiro atoms. The third kappa shape index (κ3) is 2.64. The molecule has 1 amide bonds. The zero-order valence-corrected chi connectivity index (χ0v) is 12.6. The Morgan fingerprint density at radius 3 is 2.39 bits per heavy atom. The van der Waals surface area contributed by atoms with Crippen molar-refractivity contribution >= 4 is 16.8 Å². The average molecular weight is 310 g/mol. The van der Waals surface area contributed by atoms with Crippen LogP contribution in [0.4, 0.5) is 0 Å². The fourth-order valence-electron chi connectivity index (χ4n) is 2.29. The Labute approximate surface area is 132 Å². The lowest BCUT2D eigenvalue weighted by atomic mass is 10.1. The van der Waals surface area contributed by atoms with Crippen molar-refractivity contribution in [3.05, 3.63) is 42.5 Å². The number of benzene rings is 1. The van der Waals surface area contributed by atoms with E-state index in [2.05, 4.69) is 15.0 Å². The van der Waals surface area contributed by atoms with Crippen molar-refractivity contribution in [1.29, 1.82) is 0 Å². The summed E-state index contributed by atoms with van der Waals surface area (Å²) in [5, 5.41) is 0.791. The highest BCUT2D eigenvalue weighted by molar-refractivity contribution is 5.95. The van der Waals surface area contributed by atoms with Crippen molar-refractivity contribution < 1.29 is 14.3 Å². The number of primary amides is 1. The van der Waals surface area contributed by atoms with Gasteiger partial charge < -0.3 is 15.2 Å². The molecule has 1 aromatic carbocycles. The standard InChI is InChI=1S/C16H14N4O3/c1-22-13-5-10-12(6-14(13)23-2)19-8-20-15(10)9-3-4-11(16(17)21)18-7-9/h3-8H,1-2H3,(H2,17,21). The van der Waals surface area contributed by atoms with Gasteiger partial charge in [0, 0.05) is 23.2 Å². The number of pyridine rings is 1. The quantitative estimate of drug-likeness (QED) is 0.788. The van der Waals surface area contributed by atoms with Crippen LogP contribution in [0.2, 0.25) is 0 Å². The molecule has 2 heterocycles. The number of carbonyl (C=O) groups is 1. The molecule has 116 valence electrons. The van der Waals surface area contributed by atoms with E-state index in [1.807, 2.05) is 6.07 Å². The van der Waals surface area contributed by atoms with E-state index < -0.39 is 5.91 Å². The summed E-state index contributed by atoms with van der Waals surface area (Å²) in [7, 11) is 3.13. The number of carbonyl (C=O) groups excluding carboxylic acids is 1. The van der Waals surface area contributed by atoms with Gasteiger partial charge in [-0.25, -0.2) is 9.97 Å². The number of hydrogen-bond acceptors (Lipinski definition) is 6. The summed E-state index contributed by atoms with van der Waals surface area (Å²) >= 11 is 0. The summed E-state index contributed by atoms with van der Waals surface area (Å²) in [5.74, 6) is 0.597. The maximum absolute atomic E-state index is 11.1. The number of amides is 1. The highest BCUT2D eigenvalue weighted by Crippen LogP contribution is 2.34. The maximum Gasteiger partial charge on any atom is 0.267 e. The first-order valence-electron chi connectivity index (χ1n) is 6.77. The number of fused-ring (bicyclic) bond motifs is 1. The highest BCUT2D eigenvalue weighted by Gasteiger charge is 2.13. The highest BCUT2D eigenvalue weighted by atomic mass is 16.5. The lowest BCUT2D eigenvalue weighted by Gasteiger charge is -2.11. The first-order chi connectivity index (χ1) is 11.1. The van der Waals surface area contributed by atoms with E-state index in [0.29, 0.717) is 22.7 Å². The van der Waals surface area contributed by atoms with Crippen LogP contribution < -0.4 is 15.2 Å². The van der Waals surface area contributed by atoms with E-state index in [9.17, 15) is 4.79 Å². The van der Waals surface area contributed by atoms with Crippen molar-refractivity contribution in [1.82, 2.24) is 15.0 Å². The second-order valence-corrected chi connectivity index (χ2v) is 4.74. The Hall–Kier alpha value is -3.22. The molecule has 2 aromatic heterocycles. The summed E-state index contributed by atoms with van der Waals surface area (Å²) in [4.78, 5) is 23.7. The van der Waals surface area contributed by atoms with Gasteiger partial charge in [-0.2, -0.15) is 0 Å². The maximum atomic E-state index is 11.1. The molecule has 7 nitrogen and oxygen atoms in total. The minimum Gasteiger partial charge on any atom is -0.493 e. The molecule has 23 heavy (non-hydrogen) atoms. The Balaban J connectivity index is 2.19. The van der Waals surface area contributed by atoms with Gasteiger partial charge in [0.05, 0.1) is 25.4 Å². The number of nitrogens with zero attached hydrogens (tertiary/aromatic N) is 3. The fourth-order valence-corrected chi connectivity index (χ4v) is 2.29. The second-order valence-electron chi connectivity index (χ2n) is 4.74. The Morgan fingerprint density at radius 2 is 1.78 bits per heavy atom. The summed E-state index contributed by atoms with van der Waals surface area (Å²) in [5.41, 5.74) is 7.55. The summed E-state index contributed by atoms with van der Waals surface area (Å²) in [6.07, 6.45) is 3.02. The zero-order valence-electron chi connectivity index (χ0n) is 12.6. The van der Waals surface area contributed by atoms with Gasteiger partial charge in [-0.05, 0) is 18.2 Å². The van der Waals surface area contributed by atoms with Gasteiger partial charge in [0.25, 0.3) is 5.91 Å². The Bertz CT molecular complexity index is 878. The van der Waals surface area contributed by atoms with Crippen molar-refractivity contribution in [2.24, 2.45) is 5.73 Å². The molecule has 0 aliphatic carbocycles. The predicted molar refractivity (Wildman–Crippen MR) is 84.4 cm³/mol. The third-order valence-electron chi connectivity index (χ3n) is 3.43. The second kappa shape index (κ2) is 5.88. The van der Waals surface area contributed by atoms with E-state index in [0.717, 1.165) is 10.9 Å². The van der Waals surface area contributed by atoms with Gasteiger partial charge >= 0.3 is 0 Å².